The summed E-state index contributed by atoms with van der Waals surface area (Å²) in [7, 11) is 0. The number of aromatic nitrogens is 1. The Hall–Kier alpha value is -3.21. The number of fused-ring (bicyclic) bond motifs is 1. The van der Waals surface area contributed by atoms with Gasteiger partial charge < -0.3 is 10.1 Å². The predicted molar refractivity (Wildman–Crippen MR) is 108 cm³/mol. The summed E-state index contributed by atoms with van der Waals surface area (Å²) in [6.45, 7) is 3.62. The molecule has 4 rings (SSSR count). The van der Waals surface area contributed by atoms with E-state index in [2.05, 4.69) is 5.32 Å². The zero-order chi connectivity index (χ0) is 19.7. The van der Waals surface area contributed by atoms with Crippen LogP contribution in [-0.4, -0.2) is 29.0 Å². The van der Waals surface area contributed by atoms with Crippen molar-refractivity contribution < 1.29 is 14.3 Å². The van der Waals surface area contributed by atoms with Crippen molar-refractivity contribution in [1.82, 2.24) is 10.3 Å². The van der Waals surface area contributed by atoms with Gasteiger partial charge in [0.05, 0.1) is 16.8 Å². The van der Waals surface area contributed by atoms with Crippen LogP contribution in [-0.2, 0) is 9.53 Å². The van der Waals surface area contributed by atoms with E-state index in [1.165, 1.54) is 0 Å². The normalized spacial score (nSPS) is 14.5. The average molecular weight is 374 g/mol. The number of aryl methyl sites for hydroxylation is 1. The first-order chi connectivity index (χ1) is 13.5. The van der Waals surface area contributed by atoms with Gasteiger partial charge in [0.25, 0.3) is 5.91 Å². The third-order valence-corrected chi connectivity index (χ3v) is 4.86. The minimum absolute atomic E-state index is 0.226. The molecule has 1 saturated carbocycles. The van der Waals surface area contributed by atoms with Crippen LogP contribution >= 0.6 is 0 Å². The molecule has 0 spiro atoms. The van der Waals surface area contributed by atoms with E-state index >= 15 is 0 Å². The van der Waals surface area contributed by atoms with Crippen molar-refractivity contribution in [3.05, 3.63) is 65.7 Å². The largest absolute Gasteiger partial charge is 0.449 e. The molecule has 0 aliphatic heterocycles. The Morgan fingerprint density at radius 2 is 1.82 bits per heavy atom. The molecule has 142 valence electrons. The van der Waals surface area contributed by atoms with Gasteiger partial charge in [-0.25, -0.2) is 9.78 Å². The van der Waals surface area contributed by atoms with Crippen molar-refractivity contribution in [2.45, 2.75) is 38.8 Å². The highest BCUT2D eigenvalue weighted by Gasteiger charge is 2.28. The van der Waals surface area contributed by atoms with E-state index in [1.54, 1.807) is 13.0 Å². The molecule has 1 fully saturated rings. The molecule has 1 atom stereocenters. The maximum atomic E-state index is 12.9. The number of benzene rings is 2. The van der Waals surface area contributed by atoms with Crippen LogP contribution in [0.5, 0.6) is 0 Å². The molecule has 5 nitrogen and oxygen atoms in total. The fourth-order valence-electron chi connectivity index (χ4n) is 3.04. The first-order valence-electron chi connectivity index (χ1n) is 9.49. The van der Waals surface area contributed by atoms with Crippen LogP contribution in [0.1, 0.15) is 35.7 Å². The monoisotopic (exact) mass is 374 g/mol. The topological polar surface area (TPSA) is 68.3 Å². The number of rotatable bonds is 5. The van der Waals surface area contributed by atoms with Crippen molar-refractivity contribution in [1.29, 1.82) is 0 Å². The summed E-state index contributed by atoms with van der Waals surface area (Å²) < 4.78 is 5.47. The Kier molecular flexibility index (Phi) is 4.82. The van der Waals surface area contributed by atoms with E-state index in [1.807, 2.05) is 55.5 Å². The summed E-state index contributed by atoms with van der Waals surface area (Å²) in [5, 5.41) is 3.57. The van der Waals surface area contributed by atoms with Gasteiger partial charge in [0.15, 0.2) is 6.10 Å². The lowest BCUT2D eigenvalue weighted by atomic mass is 10.0. The van der Waals surface area contributed by atoms with Gasteiger partial charge in [-0.05, 0) is 38.8 Å². The highest BCUT2D eigenvalue weighted by Crippen LogP contribution is 2.26. The van der Waals surface area contributed by atoms with Gasteiger partial charge in [0.2, 0.25) is 0 Å². The lowest BCUT2D eigenvalue weighted by Gasteiger charge is -2.15. The maximum absolute atomic E-state index is 12.9. The van der Waals surface area contributed by atoms with Crippen LogP contribution in [0.2, 0.25) is 0 Å². The van der Waals surface area contributed by atoms with Crippen molar-refractivity contribution in [3.63, 3.8) is 0 Å². The molecule has 1 aliphatic carbocycles. The molecule has 28 heavy (non-hydrogen) atoms. The Balaban J connectivity index is 1.67. The van der Waals surface area contributed by atoms with Gasteiger partial charge in [-0.15, -0.1) is 0 Å². The standard InChI is InChI=1S/C23H22N2O3/c1-14-7-9-16(10-8-14)21-13-19(18-5-3-4-6-20(18)25-21)23(27)28-15(2)22(26)24-17-11-12-17/h3-10,13,15,17H,11-12H2,1-2H3,(H,24,26)/t15-/m1/s1. The second-order valence-electron chi connectivity index (χ2n) is 7.27. The summed E-state index contributed by atoms with van der Waals surface area (Å²) in [5.74, 6) is -0.779. The SMILES string of the molecule is Cc1ccc(-c2cc(C(=O)O[C@H](C)C(=O)NC3CC3)c3ccccc3n2)cc1. The second kappa shape index (κ2) is 7.43. The quantitative estimate of drug-likeness (QED) is 0.685. The molecular formula is C23H22N2O3. The summed E-state index contributed by atoms with van der Waals surface area (Å²) in [6.07, 6.45) is 1.13. The Labute approximate surface area is 163 Å². The molecular weight excluding hydrogens is 352 g/mol. The highest BCUT2D eigenvalue weighted by atomic mass is 16.5. The Morgan fingerprint density at radius 1 is 1.11 bits per heavy atom. The first kappa shape index (κ1) is 18.2. The zero-order valence-corrected chi connectivity index (χ0v) is 15.9. The van der Waals surface area contributed by atoms with Crippen LogP contribution in [0.3, 0.4) is 0 Å². The van der Waals surface area contributed by atoms with E-state index in [0.29, 0.717) is 22.2 Å². The van der Waals surface area contributed by atoms with E-state index in [0.717, 1.165) is 24.0 Å². The third kappa shape index (κ3) is 3.88. The van der Waals surface area contributed by atoms with Crippen LogP contribution < -0.4 is 5.32 Å². The number of amides is 1. The van der Waals surface area contributed by atoms with Crippen molar-refractivity contribution in [2.24, 2.45) is 0 Å². The molecule has 3 aromatic rings. The summed E-state index contributed by atoms with van der Waals surface area (Å²) >= 11 is 0. The molecule has 1 amide bonds. The number of carbonyl (C=O) groups excluding carboxylic acids is 2. The molecule has 1 heterocycles. The molecule has 1 N–H and O–H groups in total. The van der Waals surface area contributed by atoms with Crippen molar-refractivity contribution >= 4 is 22.8 Å². The maximum Gasteiger partial charge on any atom is 0.339 e. The number of hydrogen-bond donors (Lipinski definition) is 1. The van der Waals surface area contributed by atoms with Crippen molar-refractivity contribution in [3.8, 4) is 11.3 Å². The molecule has 1 aromatic heterocycles. The van der Waals surface area contributed by atoms with Crippen LogP contribution in [0.4, 0.5) is 0 Å². The first-order valence-corrected chi connectivity index (χ1v) is 9.49. The third-order valence-electron chi connectivity index (χ3n) is 4.86. The minimum atomic E-state index is -0.845. The number of nitrogens with one attached hydrogen (secondary N) is 1. The minimum Gasteiger partial charge on any atom is -0.449 e. The van der Waals surface area contributed by atoms with E-state index in [9.17, 15) is 9.59 Å². The number of carbonyl (C=O) groups is 2. The summed E-state index contributed by atoms with van der Waals surface area (Å²) in [5.41, 5.74) is 3.89. The van der Waals surface area contributed by atoms with Gasteiger partial charge in [-0.1, -0.05) is 48.0 Å². The molecule has 0 saturated heterocycles. The Morgan fingerprint density at radius 3 is 2.54 bits per heavy atom. The Bertz CT molecular complexity index is 1040. The number of hydrogen-bond acceptors (Lipinski definition) is 4. The smallest absolute Gasteiger partial charge is 0.339 e. The summed E-state index contributed by atoms with van der Waals surface area (Å²) in [4.78, 5) is 29.7. The number of ether oxygens (including phenoxy) is 1. The fraction of sp³-hybridized carbons (Fsp3) is 0.261. The van der Waals surface area contributed by atoms with Gasteiger partial charge in [0, 0.05) is 17.0 Å². The van der Waals surface area contributed by atoms with Crippen molar-refractivity contribution in [2.75, 3.05) is 0 Å². The van der Waals surface area contributed by atoms with Crippen LogP contribution in [0, 0.1) is 6.92 Å². The van der Waals surface area contributed by atoms with Gasteiger partial charge in [0.1, 0.15) is 0 Å². The zero-order valence-electron chi connectivity index (χ0n) is 15.9. The number of pyridine rings is 1. The number of para-hydroxylation sites is 1. The van der Waals surface area contributed by atoms with Crippen LogP contribution in [0.25, 0.3) is 22.2 Å². The fourth-order valence-corrected chi connectivity index (χ4v) is 3.04. The molecule has 2 aromatic carbocycles. The van der Waals surface area contributed by atoms with E-state index in [-0.39, 0.29) is 11.9 Å². The van der Waals surface area contributed by atoms with E-state index < -0.39 is 12.1 Å². The molecule has 1 aliphatic rings. The highest BCUT2D eigenvalue weighted by molar-refractivity contribution is 6.05. The molecule has 0 radical (unpaired) electrons. The van der Waals surface area contributed by atoms with Gasteiger partial charge in [-0.2, -0.15) is 0 Å². The van der Waals surface area contributed by atoms with E-state index in [4.69, 9.17) is 9.72 Å². The summed E-state index contributed by atoms with van der Waals surface area (Å²) in [6, 6.07) is 17.4. The number of nitrogens with zero attached hydrogens (tertiary/aromatic N) is 1. The van der Waals surface area contributed by atoms with Crippen LogP contribution in [0.15, 0.2) is 54.6 Å². The average Bonchev–Trinajstić information content (AvgIpc) is 3.51. The van der Waals surface area contributed by atoms with Gasteiger partial charge >= 0.3 is 5.97 Å². The van der Waals surface area contributed by atoms with Gasteiger partial charge in [-0.3, -0.25) is 4.79 Å². The molecule has 0 bridgehead atoms. The number of esters is 1. The second-order valence-corrected chi connectivity index (χ2v) is 7.27. The predicted octanol–water partition coefficient (Wildman–Crippen LogP) is 4.03. The lowest BCUT2D eigenvalue weighted by Crippen LogP contribution is -2.37. The lowest BCUT2D eigenvalue weighted by molar-refractivity contribution is -0.129. The molecule has 0 unspecified atom stereocenters. The molecule has 5 heteroatoms.